The van der Waals surface area contributed by atoms with E-state index < -0.39 is 7.59 Å². The molecule has 4 nitrogen and oxygen atoms in total. The van der Waals surface area contributed by atoms with Crippen molar-refractivity contribution in [3.8, 4) is 0 Å². The minimum atomic E-state index is -2.91. The maximum absolute atomic E-state index is 12.6. The summed E-state index contributed by atoms with van der Waals surface area (Å²) >= 11 is 11.4. The average molecular weight is 288 g/mol. The monoisotopic (exact) mass is 287 g/mol. The lowest BCUT2D eigenvalue weighted by molar-refractivity contribution is 0.305. The Morgan fingerprint density at radius 1 is 1.12 bits per heavy atom. The Labute approximate surface area is 108 Å². The van der Waals surface area contributed by atoms with Gasteiger partial charge in [-0.2, -0.15) is 0 Å². The molecule has 1 aliphatic rings. The van der Waals surface area contributed by atoms with Gasteiger partial charge in [-0.15, -0.1) is 23.2 Å². The van der Waals surface area contributed by atoms with E-state index >= 15 is 0 Å². The highest BCUT2D eigenvalue weighted by atomic mass is 35.5. The highest BCUT2D eigenvalue weighted by Crippen LogP contribution is 2.46. The van der Waals surface area contributed by atoms with Crippen LogP contribution in [0.4, 0.5) is 0 Å². The Kier molecular flexibility index (Phi) is 6.63. The first-order valence-corrected chi connectivity index (χ1v) is 8.39. The van der Waals surface area contributed by atoms with Crippen molar-refractivity contribution in [2.45, 2.75) is 19.3 Å². The van der Waals surface area contributed by atoms with Gasteiger partial charge in [-0.3, -0.25) is 10.1 Å². The average Bonchev–Trinajstić information content (AvgIpc) is 2.30. The highest BCUT2D eigenvalue weighted by molar-refractivity contribution is 7.56. The summed E-state index contributed by atoms with van der Waals surface area (Å²) in [6.07, 6.45) is 3.33. The van der Waals surface area contributed by atoms with Crippen LogP contribution in [0, 0.1) is 0 Å². The fraction of sp³-hybridized carbons (Fsp3) is 1.00. The maximum atomic E-state index is 12.6. The number of piperidine rings is 1. The molecule has 1 saturated heterocycles. The largest absolute Gasteiger partial charge is 0.281 e. The van der Waals surface area contributed by atoms with Gasteiger partial charge in [0.1, 0.15) is 0 Å². The van der Waals surface area contributed by atoms with Crippen molar-refractivity contribution < 1.29 is 4.57 Å². The van der Waals surface area contributed by atoms with Crippen molar-refractivity contribution in [3.05, 3.63) is 0 Å². The van der Waals surface area contributed by atoms with Crippen LogP contribution in [0.25, 0.3) is 0 Å². The van der Waals surface area contributed by atoms with E-state index in [0.29, 0.717) is 24.8 Å². The minimum Gasteiger partial charge on any atom is -0.271 e. The first kappa shape index (κ1) is 14.7. The summed E-state index contributed by atoms with van der Waals surface area (Å²) in [5.74, 6) is 0.845. The number of alkyl halides is 2. The van der Waals surface area contributed by atoms with Crippen LogP contribution in [-0.2, 0) is 4.57 Å². The van der Waals surface area contributed by atoms with E-state index in [9.17, 15) is 4.57 Å². The lowest BCUT2D eigenvalue weighted by Gasteiger charge is -2.37. The fourth-order valence-corrected chi connectivity index (χ4v) is 4.57. The second kappa shape index (κ2) is 7.20. The van der Waals surface area contributed by atoms with E-state index in [1.807, 2.05) is 4.67 Å². The lowest BCUT2D eigenvalue weighted by atomic mass is 10.2. The summed E-state index contributed by atoms with van der Waals surface area (Å²) in [6.45, 7) is 2.68. The molecule has 1 heterocycles. The third kappa shape index (κ3) is 3.86. The molecule has 1 atom stereocenters. The maximum Gasteiger partial charge on any atom is 0.281 e. The first-order chi connectivity index (χ1) is 7.62. The summed E-state index contributed by atoms with van der Waals surface area (Å²) in [5.41, 5.74) is 6.00. The topological polar surface area (TPSA) is 49.6 Å². The lowest BCUT2D eigenvalue weighted by Crippen LogP contribution is -2.40. The minimum absolute atomic E-state index is 0.423. The highest BCUT2D eigenvalue weighted by Gasteiger charge is 2.33. The summed E-state index contributed by atoms with van der Waals surface area (Å²) in [7, 11) is -2.91. The van der Waals surface area contributed by atoms with Gasteiger partial charge >= 0.3 is 0 Å². The quantitative estimate of drug-likeness (QED) is 0.602. The van der Waals surface area contributed by atoms with Crippen LogP contribution < -0.4 is 5.50 Å². The van der Waals surface area contributed by atoms with Crippen LogP contribution in [-0.4, -0.2) is 47.3 Å². The summed E-state index contributed by atoms with van der Waals surface area (Å²) in [6, 6.07) is 0. The molecule has 7 heteroatoms. The molecule has 96 valence electrons. The third-order valence-electron chi connectivity index (χ3n) is 2.83. The Morgan fingerprint density at radius 2 is 1.62 bits per heavy atom. The van der Waals surface area contributed by atoms with E-state index in [-0.39, 0.29) is 0 Å². The van der Waals surface area contributed by atoms with E-state index in [1.165, 1.54) is 6.42 Å². The van der Waals surface area contributed by atoms with Crippen LogP contribution in [0.3, 0.4) is 0 Å². The molecule has 0 radical (unpaired) electrons. The Hall–Kier alpha value is 0.690. The Bertz CT molecular complexity index is 243. The first-order valence-electron chi connectivity index (χ1n) is 5.64. The number of rotatable bonds is 6. The second-order valence-corrected chi connectivity index (χ2v) is 7.00. The van der Waals surface area contributed by atoms with Gasteiger partial charge in [0.15, 0.2) is 0 Å². The zero-order valence-corrected chi connectivity index (χ0v) is 11.9. The third-order valence-corrected chi connectivity index (χ3v) is 5.59. The van der Waals surface area contributed by atoms with Crippen molar-refractivity contribution >= 4 is 30.8 Å². The van der Waals surface area contributed by atoms with E-state index in [2.05, 4.69) is 0 Å². The molecule has 0 saturated carbocycles. The van der Waals surface area contributed by atoms with Gasteiger partial charge in [0.05, 0.1) is 0 Å². The van der Waals surface area contributed by atoms with Crippen molar-refractivity contribution in [1.29, 1.82) is 0 Å². The van der Waals surface area contributed by atoms with Crippen LogP contribution in [0.15, 0.2) is 0 Å². The Balaban J connectivity index is 2.66. The number of halogens is 2. The van der Waals surface area contributed by atoms with Crippen LogP contribution in [0.1, 0.15) is 19.3 Å². The van der Waals surface area contributed by atoms with Gasteiger partial charge in [-0.25, -0.2) is 9.34 Å². The van der Waals surface area contributed by atoms with Crippen molar-refractivity contribution in [3.63, 3.8) is 0 Å². The normalized spacial score (nSPS) is 22.2. The summed E-state index contributed by atoms with van der Waals surface area (Å²) in [4.78, 5) is 0. The van der Waals surface area contributed by atoms with E-state index in [1.54, 1.807) is 4.67 Å². The van der Waals surface area contributed by atoms with Gasteiger partial charge in [0, 0.05) is 37.9 Å². The summed E-state index contributed by atoms with van der Waals surface area (Å²) < 4.78 is 16.2. The van der Waals surface area contributed by atoms with Gasteiger partial charge < -0.3 is 0 Å². The number of hydrogen-bond acceptors (Lipinski definition) is 1. The van der Waals surface area contributed by atoms with Crippen molar-refractivity contribution in [2.24, 2.45) is 5.50 Å². The molecule has 0 aromatic rings. The Morgan fingerprint density at radius 3 is 2.06 bits per heavy atom. The predicted molar refractivity (Wildman–Crippen MR) is 70.2 cm³/mol. The SMILES string of the molecule is NP(=O)(N(CCCl)CCCl)N1CCCCC1. The molecule has 0 aromatic carbocycles. The standard InChI is InChI=1S/C9H20Cl2N3OP/c10-4-8-14(9-5-11)16(12,15)13-6-2-1-3-7-13/h1-9H2,(H2,12,15). The van der Waals surface area contributed by atoms with E-state index in [0.717, 1.165) is 25.9 Å². The molecule has 1 aliphatic heterocycles. The van der Waals surface area contributed by atoms with Gasteiger partial charge in [-0.1, -0.05) is 6.42 Å². The molecular weight excluding hydrogens is 268 g/mol. The molecule has 1 rings (SSSR count). The second-order valence-electron chi connectivity index (χ2n) is 3.94. The molecule has 2 N–H and O–H groups in total. The zero-order valence-electron chi connectivity index (χ0n) is 9.45. The molecule has 0 bridgehead atoms. The summed E-state index contributed by atoms with van der Waals surface area (Å²) in [5, 5.41) is 0. The molecular formula is C9H20Cl2N3OP. The molecule has 0 amide bonds. The molecule has 0 spiro atoms. The van der Waals surface area contributed by atoms with E-state index in [4.69, 9.17) is 28.7 Å². The number of nitrogens with zero attached hydrogens (tertiary/aromatic N) is 2. The zero-order chi connectivity index (χ0) is 12.0. The molecule has 1 fully saturated rings. The molecule has 16 heavy (non-hydrogen) atoms. The van der Waals surface area contributed by atoms with Gasteiger partial charge in [-0.05, 0) is 12.8 Å². The predicted octanol–water partition coefficient (Wildman–Crippen LogP) is 2.32. The molecule has 0 aromatic heterocycles. The fourth-order valence-electron chi connectivity index (χ4n) is 1.94. The van der Waals surface area contributed by atoms with Crippen LogP contribution in [0.2, 0.25) is 0 Å². The number of nitrogens with two attached hydrogens (primary N) is 1. The van der Waals surface area contributed by atoms with Crippen molar-refractivity contribution in [2.75, 3.05) is 37.9 Å². The van der Waals surface area contributed by atoms with Crippen LogP contribution in [0.5, 0.6) is 0 Å². The van der Waals surface area contributed by atoms with Gasteiger partial charge in [0.25, 0.3) is 7.59 Å². The van der Waals surface area contributed by atoms with Gasteiger partial charge in [0.2, 0.25) is 0 Å². The van der Waals surface area contributed by atoms with Crippen LogP contribution >= 0.6 is 30.8 Å². The number of hydrogen-bond donors (Lipinski definition) is 1. The van der Waals surface area contributed by atoms with Crippen molar-refractivity contribution in [1.82, 2.24) is 9.34 Å². The smallest absolute Gasteiger partial charge is 0.271 e. The molecule has 1 unspecified atom stereocenters. The molecule has 0 aliphatic carbocycles.